The van der Waals surface area contributed by atoms with Gasteiger partial charge in [-0.3, -0.25) is 4.79 Å². The fourth-order valence-electron chi connectivity index (χ4n) is 2.51. The van der Waals surface area contributed by atoms with Crippen LogP contribution in [0.3, 0.4) is 0 Å². The van der Waals surface area contributed by atoms with Gasteiger partial charge in [0.15, 0.2) is 0 Å². The Morgan fingerprint density at radius 1 is 1.15 bits per heavy atom. The van der Waals surface area contributed by atoms with Gasteiger partial charge in [-0.1, -0.05) is 19.9 Å². The van der Waals surface area contributed by atoms with E-state index < -0.39 is 21.7 Å². The summed E-state index contributed by atoms with van der Waals surface area (Å²) in [6, 6.07) is 8.43. The van der Waals surface area contributed by atoms with Gasteiger partial charge < -0.3 is 5.32 Å². The van der Waals surface area contributed by atoms with E-state index in [9.17, 15) is 17.6 Å². The largest absolute Gasteiger partial charge is 0.321 e. The number of halogens is 2. The van der Waals surface area contributed by atoms with Crippen molar-refractivity contribution in [3.8, 4) is 0 Å². The van der Waals surface area contributed by atoms with Crippen molar-refractivity contribution in [1.29, 1.82) is 0 Å². The van der Waals surface area contributed by atoms with E-state index in [4.69, 9.17) is 0 Å². The molecule has 140 valence electrons. The van der Waals surface area contributed by atoms with Crippen LogP contribution in [0.25, 0.3) is 0 Å². The Bertz CT molecular complexity index is 928. The Labute approximate surface area is 161 Å². The molecule has 0 bridgehead atoms. The lowest BCUT2D eigenvalue weighted by molar-refractivity contribution is 0.102. The minimum atomic E-state index is -3.68. The maximum absolute atomic E-state index is 13.2. The van der Waals surface area contributed by atoms with Crippen LogP contribution in [0, 0.1) is 12.7 Å². The van der Waals surface area contributed by atoms with Crippen LogP contribution < -0.4 is 5.32 Å². The molecule has 0 aliphatic carbocycles. The van der Waals surface area contributed by atoms with E-state index in [1.54, 1.807) is 32.9 Å². The molecule has 0 saturated heterocycles. The first-order valence-electron chi connectivity index (χ1n) is 8.07. The minimum absolute atomic E-state index is 0.104. The summed E-state index contributed by atoms with van der Waals surface area (Å²) in [6.45, 7) is 5.90. The van der Waals surface area contributed by atoms with Gasteiger partial charge in [-0.2, -0.15) is 4.31 Å². The maximum atomic E-state index is 13.2. The Kier molecular flexibility index (Phi) is 6.54. The number of nitrogens with one attached hydrogen (secondary N) is 1. The van der Waals surface area contributed by atoms with Crippen LogP contribution in [-0.2, 0) is 10.0 Å². The third-order valence-corrected chi connectivity index (χ3v) is 6.80. The zero-order chi connectivity index (χ0) is 19.5. The summed E-state index contributed by atoms with van der Waals surface area (Å²) in [7, 11) is -3.68. The molecule has 5 nitrogen and oxygen atoms in total. The first kappa shape index (κ1) is 20.5. The van der Waals surface area contributed by atoms with Crippen LogP contribution in [0.1, 0.15) is 29.8 Å². The molecule has 26 heavy (non-hydrogen) atoms. The van der Waals surface area contributed by atoms with E-state index in [1.807, 2.05) is 0 Å². The number of hydrogen-bond acceptors (Lipinski definition) is 3. The Morgan fingerprint density at radius 2 is 1.81 bits per heavy atom. The molecule has 0 fully saturated rings. The molecule has 0 aromatic heterocycles. The van der Waals surface area contributed by atoms with Crippen molar-refractivity contribution >= 4 is 37.5 Å². The highest BCUT2D eigenvalue weighted by molar-refractivity contribution is 9.10. The van der Waals surface area contributed by atoms with E-state index in [1.165, 1.54) is 28.6 Å². The highest BCUT2D eigenvalue weighted by atomic mass is 79.9. The van der Waals surface area contributed by atoms with Crippen LogP contribution in [0.15, 0.2) is 45.8 Å². The van der Waals surface area contributed by atoms with Crippen molar-refractivity contribution < 1.29 is 17.6 Å². The summed E-state index contributed by atoms with van der Waals surface area (Å²) < 4.78 is 40.5. The van der Waals surface area contributed by atoms with Crippen molar-refractivity contribution in [2.75, 3.05) is 18.4 Å². The molecule has 1 amide bonds. The van der Waals surface area contributed by atoms with Gasteiger partial charge in [0.1, 0.15) is 5.82 Å². The van der Waals surface area contributed by atoms with E-state index in [0.29, 0.717) is 28.8 Å². The maximum Gasteiger partial charge on any atom is 0.255 e. The van der Waals surface area contributed by atoms with Crippen molar-refractivity contribution in [1.82, 2.24) is 4.31 Å². The van der Waals surface area contributed by atoms with E-state index >= 15 is 0 Å². The van der Waals surface area contributed by atoms with Crippen LogP contribution in [0.2, 0.25) is 0 Å². The predicted octanol–water partition coefficient (Wildman–Crippen LogP) is 4.18. The Balaban J connectivity index is 2.38. The predicted molar refractivity (Wildman–Crippen MR) is 103 cm³/mol. The summed E-state index contributed by atoms with van der Waals surface area (Å²) in [4.78, 5) is 12.6. The summed E-state index contributed by atoms with van der Waals surface area (Å²) in [6.07, 6.45) is 0. The normalized spacial score (nSPS) is 11.6. The molecule has 1 N–H and O–H groups in total. The van der Waals surface area contributed by atoms with E-state index in [-0.39, 0.29) is 10.5 Å². The lowest BCUT2D eigenvalue weighted by Crippen LogP contribution is -2.31. The molecule has 0 heterocycles. The zero-order valence-electron chi connectivity index (χ0n) is 14.7. The second-order valence-electron chi connectivity index (χ2n) is 5.65. The number of nitrogens with zero attached hydrogens (tertiary/aromatic N) is 1. The number of rotatable bonds is 6. The fraction of sp³-hybridized carbons (Fsp3) is 0.278. The van der Waals surface area contributed by atoms with Crippen molar-refractivity contribution in [2.24, 2.45) is 0 Å². The van der Waals surface area contributed by atoms with E-state index in [2.05, 4.69) is 21.2 Å². The lowest BCUT2D eigenvalue weighted by atomic mass is 10.1. The summed E-state index contributed by atoms with van der Waals surface area (Å²) in [5.74, 6) is -0.911. The molecule has 2 aromatic rings. The number of anilines is 1. The summed E-state index contributed by atoms with van der Waals surface area (Å²) in [5.41, 5.74) is 1.17. The number of amides is 1. The topological polar surface area (TPSA) is 66.5 Å². The molecule has 0 saturated carbocycles. The number of hydrogen-bond donors (Lipinski definition) is 1. The third-order valence-electron chi connectivity index (χ3n) is 3.95. The van der Waals surface area contributed by atoms with Gasteiger partial charge in [0, 0.05) is 23.1 Å². The second kappa shape index (κ2) is 8.28. The molecule has 0 radical (unpaired) electrons. The second-order valence-corrected chi connectivity index (χ2v) is 8.41. The average Bonchev–Trinajstić information content (AvgIpc) is 2.58. The van der Waals surface area contributed by atoms with Crippen molar-refractivity contribution in [2.45, 2.75) is 25.7 Å². The fourth-order valence-corrected chi connectivity index (χ4v) is 4.67. The molecule has 2 aromatic carbocycles. The van der Waals surface area contributed by atoms with Crippen LogP contribution in [0.4, 0.5) is 10.1 Å². The van der Waals surface area contributed by atoms with Crippen LogP contribution in [-0.4, -0.2) is 31.7 Å². The Morgan fingerprint density at radius 3 is 2.38 bits per heavy atom. The van der Waals surface area contributed by atoms with Gasteiger partial charge in [-0.25, -0.2) is 12.8 Å². The molecular weight excluding hydrogens is 423 g/mol. The van der Waals surface area contributed by atoms with Gasteiger partial charge in [-0.05, 0) is 58.7 Å². The molecule has 0 unspecified atom stereocenters. The monoisotopic (exact) mass is 442 g/mol. The highest BCUT2D eigenvalue weighted by Gasteiger charge is 2.24. The van der Waals surface area contributed by atoms with Gasteiger partial charge in [0.25, 0.3) is 5.91 Å². The molecule has 0 spiro atoms. The molecule has 2 rings (SSSR count). The van der Waals surface area contributed by atoms with Gasteiger partial charge in [0.05, 0.1) is 10.6 Å². The summed E-state index contributed by atoms with van der Waals surface area (Å²) in [5, 5.41) is 2.65. The molecule has 8 heteroatoms. The van der Waals surface area contributed by atoms with Crippen molar-refractivity contribution in [3.05, 3.63) is 57.8 Å². The first-order chi connectivity index (χ1) is 12.2. The quantitative estimate of drug-likeness (QED) is 0.729. The number of carbonyl (C=O) groups is 1. The molecule has 0 atom stereocenters. The van der Waals surface area contributed by atoms with Gasteiger partial charge in [0.2, 0.25) is 10.0 Å². The first-order valence-corrected chi connectivity index (χ1v) is 10.3. The van der Waals surface area contributed by atoms with Gasteiger partial charge >= 0.3 is 0 Å². The smallest absolute Gasteiger partial charge is 0.255 e. The number of carbonyl (C=O) groups excluding carboxylic acids is 1. The number of benzene rings is 2. The highest BCUT2D eigenvalue weighted by Crippen LogP contribution is 2.25. The molecule has 0 aliphatic rings. The van der Waals surface area contributed by atoms with E-state index in [0.717, 1.165) is 0 Å². The molecular formula is C18H20BrFN2O3S. The van der Waals surface area contributed by atoms with Crippen molar-refractivity contribution in [3.63, 3.8) is 0 Å². The SMILES string of the molecule is CCN(CC)S(=O)(=O)c1cc(C(=O)Nc2ccc(F)cc2Br)ccc1C. The van der Waals surface area contributed by atoms with Crippen LogP contribution in [0.5, 0.6) is 0 Å². The molecule has 0 aliphatic heterocycles. The van der Waals surface area contributed by atoms with Crippen LogP contribution >= 0.6 is 15.9 Å². The van der Waals surface area contributed by atoms with Gasteiger partial charge in [-0.15, -0.1) is 0 Å². The Hall–Kier alpha value is -1.77. The third kappa shape index (κ3) is 4.31. The average molecular weight is 443 g/mol. The minimum Gasteiger partial charge on any atom is -0.321 e. The summed E-state index contributed by atoms with van der Waals surface area (Å²) >= 11 is 3.19. The zero-order valence-corrected chi connectivity index (χ0v) is 17.1. The standard InChI is InChI=1S/C18H20BrFN2O3S/c1-4-22(5-2)26(24,25)17-10-13(7-6-12(17)3)18(23)21-16-9-8-14(20)11-15(16)19/h6-11H,4-5H2,1-3H3,(H,21,23). The number of sulfonamides is 1. The number of aryl methyl sites for hydroxylation is 1. The lowest BCUT2D eigenvalue weighted by Gasteiger charge is -2.20.